The molecule has 0 unspecified atom stereocenters. The third kappa shape index (κ3) is 5.95. The Hall–Kier alpha value is -1.09. The van der Waals surface area contributed by atoms with E-state index in [0.29, 0.717) is 12.0 Å². The number of carbonyl (C=O) groups excluding carboxylic acids is 1. The number of ether oxygens (including phenoxy) is 2. The van der Waals surface area contributed by atoms with Gasteiger partial charge in [-0.2, -0.15) is 0 Å². The number of H-pyrrole nitrogens is 1. The third-order valence-corrected chi connectivity index (χ3v) is 6.39. The van der Waals surface area contributed by atoms with E-state index in [-0.39, 0.29) is 29.2 Å². The minimum atomic E-state index is -1.25. The van der Waals surface area contributed by atoms with Crippen molar-refractivity contribution in [3.05, 3.63) is 26.9 Å². The summed E-state index contributed by atoms with van der Waals surface area (Å²) in [6.07, 6.45) is 4.86. The lowest BCUT2D eigenvalue weighted by Crippen LogP contribution is -2.34. The van der Waals surface area contributed by atoms with Gasteiger partial charge >= 0.3 is 0 Å². The first kappa shape index (κ1) is 23.2. The van der Waals surface area contributed by atoms with Crippen molar-refractivity contribution < 1.29 is 19.4 Å². The molecular weight excluding hydrogens is 401 g/mol. The second kappa shape index (κ2) is 9.61. The minimum absolute atomic E-state index is 0.0232. The van der Waals surface area contributed by atoms with Crippen molar-refractivity contribution in [2.45, 2.75) is 44.4 Å². The molecule has 1 aliphatic heterocycles. The molecule has 1 saturated heterocycles. The van der Waals surface area contributed by atoms with E-state index in [1.165, 1.54) is 14.0 Å². The molecule has 1 aliphatic rings. The molecule has 10 heteroatoms. The number of hydrogen-bond acceptors (Lipinski definition) is 7. The van der Waals surface area contributed by atoms with Crippen LogP contribution in [0, 0.1) is 4.77 Å². The minimum Gasteiger partial charge on any atom is -0.388 e. The van der Waals surface area contributed by atoms with Crippen LogP contribution < -0.4 is 10.9 Å². The van der Waals surface area contributed by atoms with Crippen LogP contribution in [0.15, 0.2) is 11.0 Å². The SMILES string of the molecule is C=P(C)(C)CC[C@H]1O[C@@H](n2cc(CNCC(C)=O)c(=O)[nH]c2=S)[C@H](OC)[C@@H]1O. The van der Waals surface area contributed by atoms with Gasteiger partial charge in [0.25, 0.3) is 5.56 Å². The van der Waals surface area contributed by atoms with Gasteiger partial charge in [0.15, 0.2) is 11.0 Å². The van der Waals surface area contributed by atoms with Crippen molar-refractivity contribution in [3.63, 3.8) is 0 Å². The highest BCUT2D eigenvalue weighted by Crippen LogP contribution is 2.40. The molecule has 0 saturated carbocycles. The number of aliphatic hydroxyl groups excluding tert-OH is 1. The number of aliphatic hydroxyl groups is 1. The lowest BCUT2D eigenvalue weighted by atomic mass is 10.1. The lowest BCUT2D eigenvalue weighted by molar-refractivity contribution is -0.116. The molecule has 0 aromatic carbocycles. The van der Waals surface area contributed by atoms with Crippen molar-refractivity contribution >= 4 is 31.2 Å². The number of aromatic amines is 1. The first-order valence-electron chi connectivity index (χ1n) is 9.11. The zero-order valence-corrected chi connectivity index (χ0v) is 18.5. The second-order valence-electron chi connectivity index (χ2n) is 7.83. The topological polar surface area (TPSA) is 106 Å². The summed E-state index contributed by atoms with van der Waals surface area (Å²) in [5.74, 6) is -0.0232. The molecule has 28 heavy (non-hydrogen) atoms. The Morgan fingerprint density at radius 1 is 1.54 bits per heavy atom. The Kier molecular flexibility index (Phi) is 7.96. The highest BCUT2D eigenvalue weighted by molar-refractivity contribution is 7.72. The molecule has 0 amide bonds. The molecule has 2 heterocycles. The summed E-state index contributed by atoms with van der Waals surface area (Å²) in [6, 6.07) is 0. The number of methoxy groups -OCH3 is 1. The zero-order valence-electron chi connectivity index (χ0n) is 16.8. The number of carbonyl (C=O) groups is 1. The Bertz CT molecular complexity index is 862. The van der Waals surface area contributed by atoms with Gasteiger partial charge in [-0.3, -0.25) is 19.1 Å². The normalized spacial score (nSPS) is 25.2. The van der Waals surface area contributed by atoms with Crippen LogP contribution in [-0.2, 0) is 20.8 Å². The van der Waals surface area contributed by atoms with Crippen molar-refractivity contribution in [2.75, 3.05) is 33.1 Å². The highest BCUT2D eigenvalue weighted by atomic mass is 32.1. The summed E-state index contributed by atoms with van der Waals surface area (Å²) in [5, 5.41) is 13.6. The van der Waals surface area contributed by atoms with E-state index in [2.05, 4.69) is 29.9 Å². The first-order valence-corrected chi connectivity index (χ1v) is 12.6. The van der Waals surface area contributed by atoms with Crippen molar-refractivity contribution in [2.24, 2.45) is 0 Å². The van der Waals surface area contributed by atoms with Gasteiger partial charge in [0, 0.05) is 25.4 Å². The van der Waals surface area contributed by atoms with Gasteiger partial charge < -0.3 is 19.9 Å². The van der Waals surface area contributed by atoms with Gasteiger partial charge in [-0.25, -0.2) is 0 Å². The molecule has 0 radical (unpaired) electrons. The van der Waals surface area contributed by atoms with Gasteiger partial charge in [-0.15, -0.1) is 13.2 Å². The second-order valence-corrected chi connectivity index (χ2v) is 12.5. The summed E-state index contributed by atoms with van der Waals surface area (Å²) >= 11 is 5.30. The molecule has 4 atom stereocenters. The van der Waals surface area contributed by atoms with Crippen LogP contribution in [0.4, 0.5) is 0 Å². The fourth-order valence-corrected chi connectivity index (χ4v) is 4.33. The molecule has 1 aromatic rings. The van der Waals surface area contributed by atoms with E-state index in [0.717, 1.165) is 6.16 Å². The van der Waals surface area contributed by atoms with E-state index >= 15 is 0 Å². The third-order valence-electron chi connectivity index (χ3n) is 4.61. The molecule has 0 spiro atoms. The lowest BCUT2D eigenvalue weighted by Gasteiger charge is -2.22. The number of ketones is 1. The standard InChI is InChI=1S/C18H30N3O5PS/c1-11(22)8-19-9-12-10-21(18(28)20-16(12)24)17-15(25-2)14(23)13(26-17)6-7-27(3,4)5/h10,13-15,17,19,23H,3,6-9H2,1-2,4-5H3,(H,20,24,28)/t13-,14-,15-,17-/m1/s1. The highest BCUT2D eigenvalue weighted by Gasteiger charge is 2.45. The zero-order chi connectivity index (χ0) is 21.1. The number of hydrogen-bond donors (Lipinski definition) is 3. The van der Waals surface area contributed by atoms with Gasteiger partial charge in [0.05, 0.1) is 12.6 Å². The van der Waals surface area contributed by atoms with Crippen LogP contribution in [0.2, 0.25) is 0 Å². The molecule has 8 nitrogen and oxygen atoms in total. The molecule has 1 fully saturated rings. The predicted octanol–water partition coefficient (Wildman–Crippen LogP) is 0.957. The smallest absolute Gasteiger partial charge is 0.256 e. The molecular formula is C18H30N3O5PS. The molecule has 158 valence electrons. The Labute approximate surface area is 170 Å². The van der Waals surface area contributed by atoms with Gasteiger partial charge in [-0.05, 0) is 45.1 Å². The summed E-state index contributed by atoms with van der Waals surface area (Å²) in [5.41, 5.74) is 0.0843. The average molecular weight is 431 g/mol. The van der Waals surface area contributed by atoms with Crippen molar-refractivity contribution in [1.82, 2.24) is 14.9 Å². The Balaban J connectivity index is 2.26. The molecule has 0 bridgehead atoms. The van der Waals surface area contributed by atoms with Crippen LogP contribution in [0.5, 0.6) is 0 Å². The van der Waals surface area contributed by atoms with E-state index in [1.54, 1.807) is 10.8 Å². The van der Waals surface area contributed by atoms with Crippen molar-refractivity contribution in [1.29, 1.82) is 0 Å². The maximum absolute atomic E-state index is 12.2. The van der Waals surface area contributed by atoms with Gasteiger partial charge in [0.1, 0.15) is 18.0 Å². The molecule has 3 N–H and O–H groups in total. The fourth-order valence-electron chi connectivity index (χ4n) is 3.13. The quantitative estimate of drug-likeness (QED) is 0.395. The van der Waals surface area contributed by atoms with E-state index in [1.807, 2.05) is 0 Å². The number of nitrogens with zero attached hydrogens (tertiary/aromatic N) is 1. The summed E-state index contributed by atoms with van der Waals surface area (Å²) in [4.78, 5) is 25.9. The first-order chi connectivity index (χ1) is 13.0. The largest absolute Gasteiger partial charge is 0.388 e. The van der Waals surface area contributed by atoms with E-state index in [9.17, 15) is 14.7 Å². The van der Waals surface area contributed by atoms with Crippen molar-refractivity contribution in [3.8, 4) is 0 Å². The van der Waals surface area contributed by atoms with Crippen LogP contribution >= 0.6 is 19.1 Å². The Morgan fingerprint density at radius 2 is 2.21 bits per heavy atom. The Morgan fingerprint density at radius 3 is 2.79 bits per heavy atom. The molecule has 1 aromatic heterocycles. The number of nitrogens with one attached hydrogen (secondary N) is 2. The van der Waals surface area contributed by atoms with Gasteiger partial charge in [-0.1, -0.05) is 0 Å². The average Bonchev–Trinajstić information content (AvgIpc) is 2.89. The summed E-state index contributed by atoms with van der Waals surface area (Å²) < 4.78 is 13.4. The summed E-state index contributed by atoms with van der Waals surface area (Å²) in [7, 11) is 1.51. The predicted molar refractivity (Wildman–Crippen MR) is 114 cm³/mol. The maximum atomic E-state index is 12.2. The fraction of sp³-hybridized carbons (Fsp3) is 0.667. The van der Waals surface area contributed by atoms with E-state index in [4.69, 9.17) is 21.7 Å². The van der Waals surface area contributed by atoms with Crippen LogP contribution in [0.3, 0.4) is 0 Å². The summed E-state index contributed by atoms with van der Waals surface area (Å²) in [6.45, 7) is 4.87. The molecule has 2 rings (SSSR count). The maximum Gasteiger partial charge on any atom is 0.256 e. The van der Waals surface area contributed by atoms with E-state index < -0.39 is 31.4 Å². The van der Waals surface area contributed by atoms with Crippen LogP contribution in [0.25, 0.3) is 0 Å². The number of Topliss-reactive ketones (excluding diaryl/α,β-unsaturated/α-hetero) is 1. The van der Waals surface area contributed by atoms with Crippen LogP contribution in [-0.4, -0.2) is 78.2 Å². The van der Waals surface area contributed by atoms with Crippen LogP contribution in [0.1, 0.15) is 25.1 Å². The van der Waals surface area contributed by atoms with Gasteiger partial charge in [0.2, 0.25) is 0 Å². The molecule has 0 aliphatic carbocycles. The number of rotatable bonds is 9. The number of aromatic nitrogens is 2. The monoisotopic (exact) mass is 431 g/mol.